The molecule has 0 aromatic heterocycles. The number of hydrogen-bond acceptors (Lipinski definition) is 2. The second kappa shape index (κ2) is 4.85. The third-order valence-corrected chi connectivity index (χ3v) is 3.68. The van der Waals surface area contributed by atoms with Crippen LogP contribution in [0.15, 0.2) is 29.2 Å². The summed E-state index contributed by atoms with van der Waals surface area (Å²) in [6, 6.07) is 8.77. The van der Waals surface area contributed by atoms with E-state index in [1.807, 2.05) is 11.8 Å². The first-order valence-corrected chi connectivity index (χ1v) is 6.23. The molecule has 2 rings (SSSR count). The standard InChI is InChI=1S/C12H17NS/c1-10-3-2-4-12(7-10)14-6-5-11-8-13-9-11/h2-4,7,11,13H,5-6,8-9H2,1H3. The van der Waals surface area contributed by atoms with E-state index in [9.17, 15) is 0 Å². The van der Waals surface area contributed by atoms with Crippen LogP contribution in [0.25, 0.3) is 0 Å². The molecule has 2 heteroatoms. The van der Waals surface area contributed by atoms with Crippen LogP contribution in [0.5, 0.6) is 0 Å². The minimum absolute atomic E-state index is 0.937. The fourth-order valence-corrected chi connectivity index (χ4v) is 2.73. The number of aryl methyl sites for hydroxylation is 1. The van der Waals surface area contributed by atoms with Gasteiger partial charge in [-0.25, -0.2) is 0 Å². The van der Waals surface area contributed by atoms with Crippen LogP contribution in [0.1, 0.15) is 12.0 Å². The number of benzene rings is 1. The number of thioether (sulfide) groups is 1. The SMILES string of the molecule is Cc1cccc(SCCC2CNC2)c1. The van der Waals surface area contributed by atoms with E-state index in [1.54, 1.807) is 0 Å². The van der Waals surface area contributed by atoms with Crippen LogP contribution in [-0.2, 0) is 0 Å². The average Bonchev–Trinajstić information content (AvgIpc) is 2.09. The molecule has 0 aliphatic carbocycles. The average molecular weight is 207 g/mol. The molecule has 76 valence electrons. The van der Waals surface area contributed by atoms with Gasteiger partial charge in [-0.3, -0.25) is 0 Å². The second-order valence-corrected chi connectivity index (χ2v) is 5.15. The van der Waals surface area contributed by atoms with Gasteiger partial charge in [0.05, 0.1) is 0 Å². The summed E-state index contributed by atoms with van der Waals surface area (Å²) >= 11 is 1.98. The predicted octanol–water partition coefficient (Wildman–Crippen LogP) is 2.70. The number of hydrogen-bond donors (Lipinski definition) is 1. The van der Waals surface area contributed by atoms with Crippen molar-refractivity contribution < 1.29 is 0 Å². The Morgan fingerprint density at radius 2 is 2.29 bits per heavy atom. The zero-order valence-electron chi connectivity index (χ0n) is 8.62. The molecule has 0 spiro atoms. The molecule has 1 aromatic carbocycles. The monoisotopic (exact) mass is 207 g/mol. The van der Waals surface area contributed by atoms with Gasteiger partial charge in [0.2, 0.25) is 0 Å². The summed E-state index contributed by atoms with van der Waals surface area (Å²) in [5.74, 6) is 2.20. The highest BCUT2D eigenvalue weighted by atomic mass is 32.2. The van der Waals surface area contributed by atoms with E-state index in [2.05, 4.69) is 36.5 Å². The molecule has 1 saturated heterocycles. The van der Waals surface area contributed by atoms with Gasteiger partial charge in [-0.1, -0.05) is 17.7 Å². The highest BCUT2D eigenvalue weighted by molar-refractivity contribution is 7.99. The van der Waals surface area contributed by atoms with Crippen LogP contribution in [0.2, 0.25) is 0 Å². The van der Waals surface area contributed by atoms with Crippen molar-refractivity contribution in [2.45, 2.75) is 18.2 Å². The molecule has 1 aromatic rings. The maximum atomic E-state index is 3.31. The quantitative estimate of drug-likeness (QED) is 0.762. The number of nitrogens with one attached hydrogen (secondary N) is 1. The zero-order valence-corrected chi connectivity index (χ0v) is 9.44. The van der Waals surface area contributed by atoms with Crippen LogP contribution in [0.4, 0.5) is 0 Å². The van der Waals surface area contributed by atoms with Gasteiger partial charge >= 0.3 is 0 Å². The molecule has 1 nitrogen and oxygen atoms in total. The first-order chi connectivity index (χ1) is 6.84. The number of rotatable bonds is 4. The van der Waals surface area contributed by atoms with Crippen LogP contribution < -0.4 is 5.32 Å². The first-order valence-electron chi connectivity index (χ1n) is 5.25. The maximum Gasteiger partial charge on any atom is 0.00745 e. The lowest BCUT2D eigenvalue weighted by atomic mass is 10.0. The van der Waals surface area contributed by atoms with Gasteiger partial charge in [0.15, 0.2) is 0 Å². The Bertz CT molecular complexity index is 294. The van der Waals surface area contributed by atoms with E-state index < -0.39 is 0 Å². The first kappa shape index (κ1) is 10.1. The summed E-state index contributed by atoms with van der Waals surface area (Å²) in [5, 5.41) is 3.31. The van der Waals surface area contributed by atoms with Crippen molar-refractivity contribution in [2.24, 2.45) is 5.92 Å². The fraction of sp³-hybridized carbons (Fsp3) is 0.500. The Labute approximate surface area is 90.3 Å². The molecule has 14 heavy (non-hydrogen) atoms. The lowest BCUT2D eigenvalue weighted by Crippen LogP contribution is -2.42. The summed E-state index contributed by atoms with van der Waals surface area (Å²) in [5.41, 5.74) is 1.36. The van der Waals surface area contributed by atoms with Gasteiger partial charge in [0, 0.05) is 4.90 Å². The van der Waals surface area contributed by atoms with Gasteiger partial charge in [0.25, 0.3) is 0 Å². The summed E-state index contributed by atoms with van der Waals surface area (Å²) in [6.45, 7) is 4.61. The maximum absolute atomic E-state index is 3.31. The van der Waals surface area contributed by atoms with Gasteiger partial charge in [0.1, 0.15) is 0 Å². The highest BCUT2D eigenvalue weighted by Crippen LogP contribution is 2.22. The smallest absolute Gasteiger partial charge is 0.00745 e. The van der Waals surface area contributed by atoms with Crippen LogP contribution in [-0.4, -0.2) is 18.8 Å². The van der Waals surface area contributed by atoms with E-state index in [1.165, 1.54) is 35.7 Å². The molecule has 0 atom stereocenters. The van der Waals surface area contributed by atoms with Crippen molar-refractivity contribution >= 4 is 11.8 Å². The van der Waals surface area contributed by atoms with Crippen molar-refractivity contribution in [1.29, 1.82) is 0 Å². The Morgan fingerprint density at radius 1 is 1.43 bits per heavy atom. The van der Waals surface area contributed by atoms with Gasteiger partial charge in [-0.05, 0) is 50.2 Å². The van der Waals surface area contributed by atoms with Crippen molar-refractivity contribution in [3.8, 4) is 0 Å². The molecular formula is C12H17NS. The molecule has 0 radical (unpaired) electrons. The lowest BCUT2D eigenvalue weighted by molar-refractivity contribution is 0.341. The van der Waals surface area contributed by atoms with E-state index in [4.69, 9.17) is 0 Å². The summed E-state index contributed by atoms with van der Waals surface area (Å²) in [6.07, 6.45) is 1.35. The molecular weight excluding hydrogens is 190 g/mol. The highest BCUT2D eigenvalue weighted by Gasteiger charge is 2.15. The van der Waals surface area contributed by atoms with Crippen molar-refractivity contribution in [3.05, 3.63) is 29.8 Å². The minimum Gasteiger partial charge on any atom is -0.316 e. The predicted molar refractivity (Wildman–Crippen MR) is 62.9 cm³/mol. The molecule has 1 aliphatic rings. The van der Waals surface area contributed by atoms with Crippen molar-refractivity contribution in [3.63, 3.8) is 0 Å². The van der Waals surface area contributed by atoms with Crippen LogP contribution in [0, 0.1) is 12.8 Å². The molecule has 0 amide bonds. The van der Waals surface area contributed by atoms with E-state index in [0.717, 1.165) is 5.92 Å². The molecule has 0 bridgehead atoms. The van der Waals surface area contributed by atoms with Crippen LogP contribution >= 0.6 is 11.8 Å². The van der Waals surface area contributed by atoms with Crippen molar-refractivity contribution in [1.82, 2.24) is 5.32 Å². The van der Waals surface area contributed by atoms with Gasteiger partial charge in [-0.15, -0.1) is 11.8 Å². The summed E-state index contributed by atoms with van der Waals surface area (Å²) < 4.78 is 0. The van der Waals surface area contributed by atoms with Gasteiger partial charge < -0.3 is 5.32 Å². The van der Waals surface area contributed by atoms with Crippen LogP contribution in [0.3, 0.4) is 0 Å². The molecule has 0 unspecified atom stereocenters. The van der Waals surface area contributed by atoms with E-state index in [0.29, 0.717) is 0 Å². The Balaban J connectivity index is 1.74. The molecule has 1 heterocycles. The summed E-state index contributed by atoms with van der Waals surface area (Å²) in [7, 11) is 0. The van der Waals surface area contributed by atoms with E-state index in [-0.39, 0.29) is 0 Å². The zero-order chi connectivity index (χ0) is 9.80. The third-order valence-electron chi connectivity index (χ3n) is 2.65. The molecule has 1 aliphatic heterocycles. The fourth-order valence-electron chi connectivity index (χ4n) is 1.60. The molecule has 1 fully saturated rings. The molecule has 0 saturated carbocycles. The third kappa shape index (κ3) is 2.76. The Hall–Kier alpha value is -0.470. The lowest BCUT2D eigenvalue weighted by Gasteiger charge is -2.26. The van der Waals surface area contributed by atoms with Gasteiger partial charge in [-0.2, -0.15) is 0 Å². The topological polar surface area (TPSA) is 12.0 Å². The van der Waals surface area contributed by atoms with Crippen molar-refractivity contribution in [2.75, 3.05) is 18.8 Å². The van der Waals surface area contributed by atoms with E-state index >= 15 is 0 Å². The molecule has 1 N–H and O–H groups in total. The largest absolute Gasteiger partial charge is 0.316 e. The normalized spacial score (nSPS) is 16.6. The second-order valence-electron chi connectivity index (χ2n) is 3.98. The Kier molecular flexibility index (Phi) is 3.49. The summed E-state index contributed by atoms with van der Waals surface area (Å²) in [4.78, 5) is 1.41. The minimum atomic E-state index is 0.937. The Morgan fingerprint density at radius 3 is 2.93 bits per heavy atom.